The lowest BCUT2D eigenvalue weighted by molar-refractivity contribution is 0.374. The molecule has 0 aliphatic heterocycles. The summed E-state index contributed by atoms with van der Waals surface area (Å²) < 4.78 is 10.2. The number of aliphatic imine (C=N–C) groups is 1. The topological polar surface area (TPSA) is 98.6 Å². The molecule has 2 aromatic rings. The van der Waals surface area contributed by atoms with E-state index in [1.807, 2.05) is 24.3 Å². The van der Waals surface area contributed by atoms with E-state index >= 15 is 0 Å². The zero-order chi connectivity index (χ0) is 14.7. The second-order valence-corrected chi connectivity index (χ2v) is 4.88. The van der Waals surface area contributed by atoms with Crippen LogP contribution in [0.1, 0.15) is 30.5 Å². The van der Waals surface area contributed by atoms with Gasteiger partial charge in [0.2, 0.25) is 5.89 Å². The first-order valence-electron chi connectivity index (χ1n) is 6.78. The fourth-order valence-corrected chi connectivity index (χ4v) is 1.85. The van der Waals surface area contributed by atoms with Gasteiger partial charge in [0.15, 0.2) is 11.8 Å². The lowest BCUT2D eigenvalue weighted by Crippen LogP contribution is -2.22. The number of nitrogens with zero attached hydrogens (tertiary/aromatic N) is 3. The van der Waals surface area contributed by atoms with Crippen molar-refractivity contribution in [3.8, 4) is 5.75 Å². The Morgan fingerprint density at radius 1 is 1.41 bits per heavy atom. The Balaban J connectivity index is 0.00000176. The second-order valence-electron chi connectivity index (χ2n) is 4.88. The van der Waals surface area contributed by atoms with Crippen molar-refractivity contribution in [3.05, 3.63) is 36.0 Å². The molecule has 0 radical (unpaired) electrons. The molecule has 0 amide bonds. The number of benzene rings is 1. The Kier molecular flexibility index (Phi) is 5.58. The third-order valence-electron chi connectivity index (χ3n) is 3.16. The van der Waals surface area contributed by atoms with E-state index in [-0.39, 0.29) is 24.0 Å². The second kappa shape index (κ2) is 7.43. The molecule has 0 unspecified atom stereocenters. The van der Waals surface area contributed by atoms with Crippen LogP contribution in [0.5, 0.6) is 5.75 Å². The highest BCUT2D eigenvalue weighted by molar-refractivity contribution is 14.0. The van der Waals surface area contributed by atoms with Gasteiger partial charge in [-0.25, -0.2) is 4.99 Å². The van der Waals surface area contributed by atoms with Crippen molar-refractivity contribution in [1.29, 1.82) is 0 Å². The average molecular weight is 415 g/mol. The maximum atomic E-state index is 5.82. The molecular formula is C14H18IN5O2. The molecule has 1 aromatic heterocycles. The van der Waals surface area contributed by atoms with Crippen LogP contribution in [-0.4, -0.2) is 23.2 Å². The van der Waals surface area contributed by atoms with Crippen molar-refractivity contribution < 1.29 is 9.26 Å². The van der Waals surface area contributed by atoms with Crippen molar-refractivity contribution in [3.63, 3.8) is 0 Å². The smallest absolute Gasteiger partial charge is 0.229 e. The van der Waals surface area contributed by atoms with Crippen molar-refractivity contribution >= 4 is 35.6 Å². The third kappa shape index (κ3) is 4.33. The summed E-state index contributed by atoms with van der Waals surface area (Å²) in [7, 11) is 1.62. The Morgan fingerprint density at radius 3 is 2.77 bits per heavy atom. The maximum Gasteiger partial charge on any atom is 0.229 e. The third-order valence-corrected chi connectivity index (χ3v) is 3.16. The van der Waals surface area contributed by atoms with Crippen LogP contribution in [0, 0.1) is 0 Å². The summed E-state index contributed by atoms with van der Waals surface area (Å²) in [6, 6.07) is 7.41. The molecule has 0 atom stereocenters. The Labute approximate surface area is 145 Å². The normalized spacial score (nSPS) is 14.3. The van der Waals surface area contributed by atoms with E-state index in [9.17, 15) is 0 Å². The number of methoxy groups -OCH3 is 1. The highest BCUT2D eigenvalue weighted by atomic mass is 127. The van der Waals surface area contributed by atoms with E-state index in [2.05, 4.69) is 20.4 Å². The molecule has 1 saturated carbocycles. The molecule has 1 aliphatic carbocycles. The number of ether oxygens (including phenoxy) is 1. The average Bonchev–Trinajstić information content (AvgIpc) is 3.25. The number of guanidine groups is 1. The van der Waals surface area contributed by atoms with Gasteiger partial charge in [-0.15, -0.1) is 24.0 Å². The number of nitrogens with two attached hydrogens (primary N) is 1. The van der Waals surface area contributed by atoms with Gasteiger partial charge in [-0.2, -0.15) is 4.98 Å². The number of halogens is 1. The van der Waals surface area contributed by atoms with Crippen LogP contribution in [0.2, 0.25) is 0 Å². The predicted octanol–water partition coefficient (Wildman–Crippen LogP) is 2.50. The van der Waals surface area contributed by atoms with Gasteiger partial charge in [-0.1, -0.05) is 5.16 Å². The summed E-state index contributed by atoms with van der Waals surface area (Å²) in [5, 5.41) is 6.88. The highest BCUT2D eigenvalue weighted by Crippen LogP contribution is 2.38. The van der Waals surface area contributed by atoms with E-state index in [1.165, 1.54) is 0 Å². The lowest BCUT2D eigenvalue weighted by atomic mass is 10.3. The predicted molar refractivity (Wildman–Crippen MR) is 93.6 cm³/mol. The Hall–Kier alpha value is -1.84. The van der Waals surface area contributed by atoms with Gasteiger partial charge >= 0.3 is 0 Å². The molecule has 1 aromatic carbocycles. The van der Waals surface area contributed by atoms with Crippen LogP contribution in [0.4, 0.5) is 5.69 Å². The molecule has 3 N–H and O–H groups in total. The van der Waals surface area contributed by atoms with Gasteiger partial charge in [-0.3, -0.25) is 0 Å². The van der Waals surface area contributed by atoms with Gasteiger partial charge in [0.1, 0.15) is 12.3 Å². The summed E-state index contributed by atoms with van der Waals surface area (Å²) in [5.41, 5.74) is 6.66. The fourth-order valence-electron chi connectivity index (χ4n) is 1.85. The first-order valence-corrected chi connectivity index (χ1v) is 6.78. The van der Waals surface area contributed by atoms with E-state index < -0.39 is 0 Å². The van der Waals surface area contributed by atoms with E-state index in [4.69, 9.17) is 15.0 Å². The monoisotopic (exact) mass is 415 g/mol. The van der Waals surface area contributed by atoms with E-state index in [0.29, 0.717) is 30.1 Å². The summed E-state index contributed by atoms with van der Waals surface area (Å²) >= 11 is 0. The van der Waals surface area contributed by atoms with Gasteiger partial charge in [-0.05, 0) is 37.1 Å². The summed E-state index contributed by atoms with van der Waals surface area (Å²) in [6.07, 6.45) is 2.26. The molecule has 0 bridgehead atoms. The number of rotatable bonds is 5. The van der Waals surface area contributed by atoms with Crippen molar-refractivity contribution in [2.45, 2.75) is 25.3 Å². The number of anilines is 1. The van der Waals surface area contributed by atoms with Crippen LogP contribution >= 0.6 is 24.0 Å². The van der Waals surface area contributed by atoms with Crippen LogP contribution in [0.25, 0.3) is 0 Å². The Morgan fingerprint density at radius 2 is 2.14 bits per heavy atom. The van der Waals surface area contributed by atoms with Crippen LogP contribution in [0.15, 0.2) is 33.8 Å². The number of aromatic nitrogens is 2. The van der Waals surface area contributed by atoms with Crippen LogP contribution in [0.3, 0.4) is 0 Å². The summed E-state index contributed by atoms with van der Waals surface area (Å²) in [6.45, 7) is 0.297. The van der Waals surface area contributed by atoms with Crippen LogP contribution in [-0.2, 0) is 6.54 Å². The molecular weight excluding hydrogens is 397 g/mol. The molecule has 118 valence electrons. The van der Waals surface area contributed by atoms with Crippen molar-refractivity contribution in [2.75, 3.05) is 12.4 Å². The Bertz CT molecular complexity index is 637. The molecule has 3 rings (SSSR count). The molecule has 22 heavy (non-hydrogen) atoms. The number of nitrogens with one attached hydrogen (secondary N) is 1. The molecule has 1 heterocycles. The molecule has 7 nitrogen and oxygen atoms in total. The SMILES string of the molecule is COc1ccc(NC(N)=NCc2noc(C3CC3)n2)cc1.I. The zero-order valence-electron chi connectivity index (χ0n) is 12.2. The number of hydrogen-bond donors (Lipinski definition) is 2. The summed E-state index contributed by atoms with van der Waals surface area (Å²) in [4.78, 5) is 8.48. The minimum absolute atomic E-state index is 0. The zero-order valence-corrected chi connectivity index (χ0v) is 14.5. The minimum Gasteiger partial charge on any atom is -0.497 e. The first-order chi connectivity index (χ1) is 10.2. The number of hydrogen-bond acceptors (Lipinski definition) is 5. The van der Waals surface area contributed by atoms with Gasteiger partial charge in [0.05, 0.1) is 7.11 Å². The molecule has 0 spiro atoms. The van der Waals surface area contributed by atoms with Gasteiger partial charge < -0.3 is 20.3 Å². The lowest BCUT2D eigenvalue weighted by Gasteiger charge is -2.06. The quantitative estimate of drug-likeness (QED) is 0.443. The van der Waals surface area contributed by atoms with Gasteiger partial charge in [0.25, 0.3) is 0 Å². The van der Waals surface area contributed by atoms with Gasteiger partial charge in [0, 0.05) is 11.6 Å². The first kappa shape index (κ1) is 16.5. The molecule has 0 saturated heterocycles. The molecule has 1 fully saturated rings. The fraction of sp³-hybridized carbons (Fsp3) is 0.357. The van der Waals surface area contributed by atoms with Crippen LogP contribution < -0.4 is 15.8 Å². The minimum atomic E-state index is 0. The molecule has 8 heteroatoms. The highest BCUT2D eigenvalue weighted by Gasteiger charge is 2.29. The molecule has 1 aliphatic rings. The van der Waals surface area contributed by atoms with Crippen molar-refractivity contribution in [1.82, 2.24) is 10.1 Å². The van der Waals surface area contributed by atoms with E-state index in [1.54, 1.807) is 7.11 Å². The van der Waals surface area contributed by atoms with E-state index in [0.717, 1.165) is 24.3 Å². The summed E-state index contributed by atoms with van der Waals surface area (Å²) in [5.74, 6) is 2.80. The standard InChI is InChI=1S/C14H17N5O2.HI/c1-20-11-6-4-10(5-7-11)17-14(15)16-8-12-18-13(21-19-12)9-2-3-9;/h4-7,9H,2-3,8H2,1H3,(H3,15,16,17);1H. The largest absolute Gasteiger partial charge is 0.497 e. The van der Waals surface area contributed by atoms with Crippen molar-refractivity contribution in [2.24, 2.45) is 10.7 Å². The maximum absolute atomic E-state index is 5.82.